The SMILES string of the molecule is CN(Cc1cccc(Br)c1O)C(=O)OCc1ccccc1. The van der Waals surface area contributed by atoms with Crippen LogP contribution in [0.2, 0.25) is 0 Å². The summed E-state index contributed by atoms with van der Waals surface area (Å²) in [6, 6.07) is 14.8. The van der Waals surface area contributed by atoms with E-state index in [1.165, 1.54) is 4.90 Å². The maximum absolute atomic E-state index is 11.9. The van der Waals surface area contributed by atoms with Gasteiger partial charge in [0.15, 0.2) is 0 Å². The lowest BCUT2D eigenvalue weighted by Crippen LogP contribution is -2.26. The van der Waals surface area contributed by atoms with Gasteiger partial charge in [-0.3, -0.25) is 0 Å². The molecule has 0 aliphatic rings. The number of hydrogen-bond donors (Lipinski definition) is 1. The molecule has 1 N–H and O–H groups in total. The molecule has 0 aromatic heterocycles. The van der Waals surface area contributed by atoms with Crippen molar-refractivity contribution in [2.45, 2.75) is 13.2 Å². The van der Waals surface area contributed by atoms with E-state index in [0.29, 0.717) is 10.0 Å². The highest BCUT2D eigenvalue weighted by Gasteiger charge is 2.13. The normalized spacial score (nSPS) is 10.2. The number of amides is 1. The quantitative estimate of drug-likeness (QED) is 0.909. The van der Waals surface area contributed by atoms with Gasteiger partial charge in [-0.05, 0) is 27.6 Å². The molecule has 0 saturated heterocycles. The van der Waals surface area contributed by atoms with Gasteiger partial charge in [-0.2, -0.15) is 0 Å². The summed E-state index contributed by atoms with van der Waals surface area (Å²) in [7, 11) is 1.63. The summed E-state index contributed by atoms with van der Waals surface area (Å²) in [4.78, 5) is 13.3. The van der Waals surface area contributed by atoms with Gasteiger partial charge in [0.25, 0.3) is 0 Å². The van der Waals surface area contributed by atoms with E-state index in [-0.39, 0.29) is 18.9 Å². The molecule has 0 bridgehead atoms. The summed E-state index contributed by atoms with van der Waals surface area (Å²) in [5, 5.41) is 9.91. The molecular weight excluding hydrogens is 334 g/mol. The number of phenolic OH excluding ortho intramolecular Hbond substituents is 1. The second-order valence-corrected chi connectivity index (χ2v) is 5.50. The molecule has 0 unspecified atom stereocenters. The van der Waals surface area contributed by atoms with Crippen LogP contribution in [0, 0.1) is 0 Å². The molecule has 0 radical (unpaired) electrons. The van der Waals surface area contributed by atoms with E-state index in [1.54, 1.807) is 19.2 Å². The molecule has 0 fully saturated rings. The number of carbonyl (C=O) groups excluding carboxylic acids is 1. The van der Waals surface area contributed by atoms with E-state index in [9.17, 15) is 9.90 Å². The summed E-state index contributed by atoms with van der Waals surface area (Å²) < 4.78 is 5.83. The van der Waals surface area contributed by atoms with Crippen molar-refractivity contribution in [1.29, 1.82) is 0 Å². The Labute approximate surface area is 132 Å². The molecule has 0 heterocycles. The number of rotatable bonds is 4. The standard InChI is InChI=1S/C16H16BrNO3/c1-18(10-13-8-5-9-14(17)15(13)19)16(20)21-11-12-6-3-2-4-7-12/h2-9,19H,10-11H2,1H3. The van der Waals surface area contributed by atoms with Crippen molar-refractivity contribution >= 4 is 22.0 Å². The fourth-order valence-electron chi connectivity index (χ4n) is 1.84. The average Bonchev–Trinajstić information content (AvgIpc) is 2.50. The third kappa shape index (κ3) is 4.23. The average molecular weight is 350 g/mol. The predicted molar refractivity (Wildman–Crippen MR) is 83.9 cm³/mol. The van der Waals surface area contributed by atoms with E-state index < -0.39 is 6.09 Å². The molecule has 0 atom stereocenters. The minimum atomic E-state index is -0.432. The second-order valence-electron chi connectivity index (χ2n) is 4.64. The first-order valence-corrected chi connectivity index (χ1v) is 7.25. The van der Waals surface area contributed by atoms with Gasteiger partial charge < -0.3 is 14.7 Å². The molecule has 110 valence electrons. The van der Waals surface area contributed by atoms with Gasteiger partial charge in [-0.15, -0.1) is 0 Å². The van der Waals surface area contributed by atoms with Crippen LogP contribution in [0.5, 0.6) is 5.75 Å². The zero-order chi connectivity index (χ0) is 15.2. The molecule has 1 amide bonds. The molecule has 2 rings (SSSR count). The molecular formula is C16H16BrNO3. The molecule has 4 nitrogen and oxygen atoms in total. The Morgan fingerprint density at radius 2 is 1.90 bits per heavy atom. The third-order valence-electron chi connectivity index (χ3n) is 2.99. The minimum absolute atomic E-state index is 0.139. The van der Waals surface area contributed by atoms with Crippen LogP contribution in [-0.4, -0.2) is 23.1 Å². The molecule has 2 aromatic carbocycles. The maximum atomic E-state index is 11.9. The number of nitrogens with zero attached hydrogens (tertiary/aromatic N) is 1. The lowest BCUT2D eigenvalue weighted by molar-refractivity contribution is 0.102. The van der Waals surface area contributed by atoms with Crippen molar-refractivity contribution in [1.82, 2.24) is 4.90 Å². The zero-order valence-electron chi connectivity index (χ0n) is 11.6. The Morgan fingerprint density at radius 3 is 2.62 bits per heavy atom. The Balaban J connectivity index is 1.92. The van der Waals surface area contributed by atoms with E-state index in [4.69, 9.17) is 4.74 Å². The van der Waals surface area contributed by atoms with Gasteiger partial charge in [0, 0.05) is 12.6 Å². The van der Waals surface area contributed by atoms with E-state index in [1.807, 2.05) is 36.4 Å². The first kappa shape index (κ1) is 15.4. The second kappa shape index (κ2) is 7.13. The molecule has 0 spiro atoms. The van der Waals surface area contributed by atoms with Gasteiger partial charge in [-0.1, -0.05) is 42.5 Å². The van der Waals surface area contributed by atoms with Gasteiger partial charge in [0.1, 0.15) is 12.4 Å². The largest absolute Gasteiger partial charge is 0.506 e. The highest BCUT2D eigenvalue weighted by atomic mass is 79.9. The maximum Gasteiger partial charge on any atom is 0.410 e. The Bertz CT molecular complexity index is 616. The lowest BCUT2D eigenvalue weighted by atomic mass is 10.2. The van der Waals surface area contributed by atoms with E-state index in [2.05, 4.69) is 15.9 Å². The van der Waals surface area contributed by atoms with Crippen molar-refractivity contribution in [2.75, 3.05) is 7.05 Å². The van der Waals surface area contributed by atoms with Crippen LogP contribution < -0.4 is 0 Å². The van der Waals surface area contributed by atoms with Crippen LogP contribution in [0.1, 0.15) is 11.1 Å². The highest BCUT2D eigenvalue weighted by molar-refractivity contribution is 9.10. The molecule has 5 heteroatoms. The van der Waals surface area contributed by atoms with Crippen LogP contribution in [0.25, 0.3) is 0 Å². The van der Waals surface area contributed by atoms with Crippen molar-refractivity contribution < 1.29 is 14.6 Å². The molecule has 2 aromatic rings. The first-order chi connectivity index (χ1) is 10.1. The van der Waals surface area contributed by atoms with E-state index in [0.717, 1.165) is 5.56 Å². The summed E-state index contributed by atoms with van der Waals surface area (Å²) in [6.07, 6.45) is -0.432. The van der Waals surface area contributed by atoms with Gasteiger partial charge in [-0.25, -0.2) is 4.79 Å². The first-order valence-electron chi connectivity index (χ1n) is 6.46. The number of halogens is 1. The number of benzene rings is 2. The van der Waals surface area contributed by atoms with Gasteiger partial charge >= 0.3 is 6.09 Å². The molecule has 21 heavy (non-hydrogen) atoms. The zero-order valence-corrected chi connectivity index (χ0v) is 13.2. The molecule has 0 aliphatic heterocycles. The third-order valence-corrected chi connectivity index (χ3v) is 3.63. The highest BCUT2D eigenvalue weighted by Crippen LogP contribution is 2.28. The van der Waals surface area contributed by atoms with Crippen molar-refractivity contribution in [3.05, 3.63) is 64.1 Å². The number of hydrogen-bond acceptors (Lipinski definition) is 3. The number of ether oxygens (including phenoxy) is 1. The fourth-order valence-corrected chi connectivity index (χ4v) is 2.24. The summed E-state index contributed by atoms with van der Waals surface area (Å²) in [5.74, 6) is 0.139. The topological polar surface area (TPSA) is 49.8 Å². The van der Waals surface area contributed by atoms with Crippen LogP contribution in [0.3, 0.4) is 0 Å². The van der Waals surface area contributed by atoms with Crippen LogP contribution in [-0.2, 0) is 17.9 Å². The Kier molecular flexibility index (Phi) is 5.22. The summed E-state index contributed by atoms with van der Waals surface area (Å²) in [5.41, 5.74) is 1.59. The van der Waals surface area contributed by atoms with Crippen molar-refractivity contribution in [3.63, 3.8) is 0 Å². The number of aromatic hydroxyl groups is 1. The van der Waals surface area contributed by atoms with Crippen LogP contribution in [0.4, 0.5) is 4.79 Å². The Morgan fingerprint density at radius 1 is 1.19 bits per heavy atom. The van der Waals surface area contributed by atoms with Crippen LogP contribution in [0.15, 0.2) is 53.0 Å². The monoisotopic (exact) mass is 349 g/mol. The number of phenols is 1. The smallest absolute Gasteiger partial charge is 0.410 e. The minimum Gasteiger partial charge on any atom is -0.506 e. The van der Waals surface area contributed by atoms with Crippen molar-refractivity contribution in [2.24, 2.45) is 0 Å². The fraction of sp³-hybridized carbons (Fsp3) is 0.188. The van der Waals surface area contributed by atoms with Crippen molar-refractivity contribution in [3.8, 4) is 5.75 Å². The summed E-state index contributed by atoms with van der Waals surface area (Å²) in [6.45, 7) is 0.507. The predicted octanol–water partition coefficient (Wildman–Crippen LogP) is 3.92. The van der Waals surface area contributed by atoms with Gasteiger partial charge in [0.05, 0.1) is 11.0 Å². The number of carbonyl (C=O) groups is 1. The Hall–Kier alpha value is -2.01. The van der Waals surface area contributed by atoms with Crippen LogP contribution >= 0.6 is 15.9 Å². The molecule has 0 aliphatic carbocycles. The van der Waals surface area contributed by atoms with E-state index >= 15 is 0 Å². The lowest BCUT2D eigenvalue weighted by Gasteiger charge is -2.18. The molecule has 0 saturated carbocycles. The van der Waals surface area contributed by atoms with Gasteiger partial charge in [0.2, 0.25) is 0 Å². The summed E-state index contributed by atoms with van der Waals surface area (Å²) >= 11 is 3.25. The number of para-hydroxylation sites is 1.